The monoisotopic (exact) mass is 516 g/mol. The van der Waals surface area contributed by atoms with Crippen molar-refractivity contribution in [2.75, 3.05) is 0 Å². The molecular weight excluding hydrogens is 478 g/mol. The summed E-state index contributed by atoms with van der Waals surface area (Å²) < 4.78 is 0. The van der Waals surface area contributed by atoms with E-state index in [-0.39, 0.29) is 30.2 Å². The summed E-state index contributed by atoms with van der Waals surface area (Å²) in [6.45, 7) is 13.5. The zero-order valence-corrected chi connectivity index (χ0v) is 24.0. The van der Waals surface area contributed by atoms with Crippen molar-refractivity contribution in [3.63, 3.8) is 0 Å². The molecule has 0 unspecified atom stereocenters. The Kier molecular flexibility index (Phi) is 26.5. The largest absolute Gasteiger partial charge is 1.00 e. The molecule has 4 heteroatoms. The average Bonchev–Trinajstić information content (AvgIpc) is 3.27. The van der Waals surface area contributed by atoms with Crippen LogP contribution in [0.5, 0.6) is 0 Å². The van der Waals surface area contributed by atoms with E-state index in [1.807, 2.05) is 0 Å². The molecule has 0 nitrogen and oxygen atoms in total. The molecule has 2 aliphatic carbocycles. The van der Waals surface area contributed by atoms with Gasteiger partial charge in [0.2, 0.25) is 0 Å². The Bertz CT molecular complexity index is 485. The van der Waals surface area contributed by atoms with Gasteiger partial charge in [-0.25, -0.2) is 23.3 Å². The second kappa shape index (κ2) is 22.3. The van der Waals surface area contributed by atoms with Gasteiger partial charge in [-0.3, -0.25) is 12.2 Å². The second-order valence-electron chi connectivity index (χ2n) is 7.28. The van der Waals surface area contributed by atoms with Crippen LogP contribution in [0, 0.1) is 12.2 Å². The molecule has 0 amide bonds. The number of allylic oxidation sites excluding steroid dienone is 8. The molecule has 0 saturated heterocycles. The van der Waals surface area contributed by atoms with Crippen LogP contribution < -0.4 is 24.8 Å². The molecule has 0 atom stereocenters. The molecule has 160 valence electrons. The molecule has 0 spiro atoms. The van der Waals surface area contributed by atoms with Crippen LogP contribution in [0.1, 0.15) is 91.9 Å². The minimum Gasteiger partial charge on any atom is -1.00 e. The number of hydrogen-bond donors (Lipinski definition) is 0. The number of halogens is 2. The first-order valence-corrected chi connectivity index (χ1v) is 16.7. The fourth-order valence-electron chi connectivity index (χ4n) is 2.73. The maximum absolute atomic E-state index is 3.39. The van der Waals surface area contributed by atoms with E-state index < -0.39 is 0 Å². The molecule has 0 aromatic heterocycles. The van der Waals surface area contributed by atoms with Gasteiger partial charge in [0.25, 0.3) is 0 Å². The second-order valence-corrected chi connectivity index (χ2v) is 16.7. The van der Waals surface area contributed by atoms with E-state index in [0.717, 1.165) is 25.7 Å². The molecule has 2 rings (SSSR count). The summed E-state index contributed by atoms with van der Waals surface area (Å²) in [5.41, 5.74) is 6.21. The van der Waals surface area contributed by atoms with Crippen LogP contribution in [-0.4, -0.2) is 5.43 Å². The Balaban J connectivity index is -0.000000355. The first-order valence-electron chi connectivity index (χ1n) is 10.6. The van der Waals surface area contributed by atoms with Gasteiger partial charge < -0.3 is 24.8 Å². The van der Waals surface area contributed by atoms with Crippen molar-refractivity contribution in [3.8, 4) is 0 Å². The Labute approximate surface area is 204 Å². The molecular formula is C24H40Cl2SiZr-2. The molecule has 0 aromatic carbocycles. The van der Waals surface area contributed by atoms with Crippen LogP contribution in [0.15, 0.2) is 34.4 Å². The fourth-order valence-corrected chi connectivity index (χ4v) is 2.73. The van der Waals surface area contributed by atoms with E-state index in [1.54, 1.807) is 34.5 Å². The first-order chi connectivity index (χ1) is 12.5. The summed E-state index contributed by atoms with van der Waals surface area (Å²) in [4.78, 5) is 0. The summed E-state index contributed by atoms with van der Waals surface area (Å²) in [6.07, 6.45) is 23.8. The smallest absolute Gasteiger partial charge is 1.00 e. The standard InChI is InChI=1S/2C11H17.C2H6Si.2ClH.Zr/c2*1-3-5-6-11-8-7-10(4-2)9-11;1-3-2;;;/h2*9H,3-6,8H2,1-2H3;1-2H3;2*1H;/q2*-1;;;;+2/p-2. The molecule has 0 heterocycles. The molecule has 0 N–H and O–H groups in total. The van der Waals surface area contributed by atoms with E-state index >= 15 is 0 Å². The van der Waals surface area contributed by atoms with Crippen molar-refractivity contribution >= 4 is 5.43 Å². The van der Waals surface area contributed by atoms with Crippen LogP contribution in [0.3, 0.4) is 0 Å². The minimum absolute atomic E-state index is 0. The van der Waals surface area contributed by atoms with Gasteiger partial charge in [0, 0.05) is 0 Å². The summed E-state index contributed by atoms with van der Waals surface area (Å²) in [5, 5.41) is 0. The third-order valence-corrected chi connectivity index (χ3v) is 4.31. The van der Waals surface area contributed by atoms with E-state index in [9.17, 15) is 0 Å². The van der Waals surface area contributed by atoms with Crippen LogP contribution in [0.2, 0.25) is 13.1 Å². The maximum atomic E-state index is 3.39. The van der Waals surface area contributed by atoms with E-state index in [0.29, 0.717) is 0 Å². The van der Waals surface area contributed by atoms with Crippen molar-refractivity contribution < 1.29 is 48.1 Å². The van der Waals surface area contributed by atoms with E-state index in [4.69, 9.17) is 0 Å². The van der Waals surface area contributed by atoms with Crippen molar-refractivity contribution in [2.24, 2.45) is 0 Å². The van der Waals surface area contributed by atoms with Crippen LogP contribution in [0.25, 0.3) is 0 Å². The molecule has 0 bridgehead atoms. The van der Waals surface area contributed by atoms with Gasteiger partial charge in [0.05, 0.1) is 0 Å². The van der Waals surface area contributed by atoms with Crippen molar-refractivity contribution in [3.05, 3.63) is 46.6 Å². The molecule has 0 saturated carbocycles. The van der Waals surface area contributed by atoms with Gasteiger partial charge in [-0.05, 0) is 12.8 Å². The first kappa shape index (κ1) is 33.3. The van der Waals surface area contributed by atoms with Crippen molar-refractivity contribution in [2.45, 2.75) is 105 Å². The summed E-state index contributed by atoms with van der Waals surface area (Å²) in [5.74, 6) is 0. The molecule has 2 aliphatic rings. The Hall–Kier alpha value is 0.640. The SMILES string of the molecule is CCCCC1=CC(CC)=[C-]C1.CCCCC1=CC(CC)=[C-]C1.C[Si](C)=[Zr+2].[Cl-].[Cl-]. The summed E-state index contributed by atoms with van der Waals surface area (Å²) in [6, 6.07) is 0. The average molecular weight is 519 g/mol. The fraction of sp³-hybridized carbons (Fsp3) is 0.667. The normalized spacial score (nSPS) is 14.0. The zero-order chi connectivity index (χ0) is 19.8. The molecule has 28 heavy (non-hydrogen) atoms. The number of hydrogen-bond acceptors (Lipinski definition) is 0. The summed E-state index contributed by atoms with van der Waals surface area (Å²) in [7, 11) is 0. The predicted octanol–water partition coefficient (Wildman–Crippen LogP) is 2.08. The Morgan fingerprint density at radius 3 is 1.32 bits per heavy atom. The van der Waals surface area contributed by atoms with Gasteiger partial charge in [0.15, 0.2) is 0 Å². The van der Waals surface area contributed by atoms with Crippen LogP contribution in [-0.2, 0) is 23.3 Å². The predicted molar refractivity (Wildman–Crippen MR) is 116 cm³/mol. The third-order valence-electron chi connectivity index (χ3n) is 4.31. The van der Waals surface area contributed by atoms with Gasteiger partial charge >= 0.3 is 41.9 Å². The van der Waals surface area contributed by atoms with E-state index in [1.165, 1.54) is 49.7 Å². The zero-order valence-electron chi connectivity index (χ0n) is 19.0. The topological polar surface area (TPSA) is 0 Å². The van der Waals surface area contributed by atoms with Gasteiger partial charge in [0.1, 0.15) is 0 Å². The third kappa shape index (κ3) is 18.7. The number of unbranched alkanes of at least 4 members (excludes halogenated alkanes) is 2. The van der Waals surface area contributed by atoms with Crippen LogP contribution in [0.4, 0.5) is 0 Å². The van der Waals surface area contributed by atoms with Gasteiger partial charge in [-0.15, -0.1) is 12.8 Å². The van der Waals surface area contributed by atoms with Crippen LogP contribution >= 0.6 is 0 Å². The van der Waals surface area contributed by atoms with E-state index in [2.05, 4.69) is 65.1 Å². The summed E-state index contributed by atoms with van der Waals surface area (Å²) >= 11 is 1.74. The maximum Gasteiger partial charge on any atom is -1.00 e. The Morgan fingerprint density at radius 1 is 0.786 bits per heavy atom. The number of rotatable bonds is 8. The van der Waals surface area contributed by atoms with Gasteiger partial charge in [-0.1, -0.05) is 66.2 Å². The van der Waals surface area contributed by atoms with Crippen molar-refractivity contribution in [1.82, 2.24) is 0 Å². The Morgan fingerprint density at radius 2 is 1.11 bits per heavy atom. The molecule has 0 aromatic rings. The van der Waals surface area contributed by atoms with Gasteiger partial charge in [-0.2, -0.15) is 11.1 Å². The molecule has 0 radical (unpaired) electrons. The molecule has 0 fully saturated rings. The molecule has 0 aliphatic heterocycles. The van der Waals surface area contributed by atoms with Crippen molar-refractivity contribution in [1.29, 1.82) is 0 Å². The minimum atomic E-state index is 0. The quantitative estimate of drug-likeness (QED) is 0.341.